The highest BCUT2D eigenvalue weighted by Gasteiger charge is 2.05. The van der Waals surface area contributed by atoms with Gasteiger partial charge in [0.1, 0.15) is 23.5 Å². The van der Waals surface area contributed by atoms with Gasteiger partial charge in [-0.3, -0.25) is 4.79 Å². The molecule has 1 heterocycles. The number of nitrogen functional groups attached to an aromatic ring is 2. The van der Waals surface area contributed by atoms with E-state index < -0.39 is 0 Å². The van der Waals surface area contributed by atoms with Crippen molar-refractivity contribution in [1.29, 1.82) is 0 Å². The number of amides is 1. The van der Waals surface area contributed by atoms with E-state index in [0.717, 1.165) is 5.56 Å². The third-order valence-electron chi connectivity index (χ3n) is 3.59. The van der Waals surface area contributed by atoms with Gasteiger partial charge in [-0.25, -0.2) is 9.97 Å². The Kier molecular flexibility index (Phi) is 5.11. The molecule has 5 N–H and O–H groups in total. The lowest BCUT2D eigenvalue weighted by Crippen LogP contribution is -2.14. The molecule has 128 valence electrons. The molecule has 0 saturated heterocycles. The third kappa shape index (κ3) is 4.36. The molecule has 6 nitrogen and oxygen atoms in total. The first-order valence-electron chi connectivity index (χ1n) is 7.93. The van der Waals surface area contributed by atoms with Gasteiger partial charge in [-0.05, 0) is 23.8 Å². The van der Waals surface area contributed by atoms with Crippen LogP contribution in [0.5, 0.6) is 0 Å². The van der Waals surface area contributed by atoms with Crippen LogP contribution in [0.3, 0.4) is 0 Å². The number of nitrogens with two attached hydrogens (primary N) is 2. The highest BCUT2D eigenvalue weighted by Crippen LogP contribution is 2.14. The van der Waals surface area contributed by atoms with E-state index in [4.69, 9.17) is 11.5 Å². The molecule has 2 aromatic carbocycles. The quantitative estimate of drug-likeness (QED) is 0.632. The molecule has 1 amide bonds. The topological polar surface area (TPSA) is 107 Å². The number of carbonyl (C=O) groups excluding carboxylic acids is 1. The summed E-state index contributed by atoms with van der Waals surface area (Å²) in [6, 6.07) is 16.8. The highest BCUT2D eigenvalue weighted by atomic mass is 16.1. The van der Waals surface area contributed by atoms with Crippen molar-refractivity contribution >= 4 is 23.2 Å². The predicted molar refractivity (Wildman–Crippen MR) is 102 cm³/mol. The summed E-state index contributed by atoms with van der Waals surface area (Å²) in [5.41, 5.74) is 14.3. The van der Waals surface area contributed by atoms with Crippen LogP contribution in [-0.2, 0) is 11.2 Å². The van der Waals surface area contributed by atoms with E-state index in [2.05, 4.69) is 27.1 Å². The van der Waals surface area contributed by atoms with Crippen LogP contribution >= 0.6 is 0 Å². The number of nitrogens with one attached hydrogen (secondary N) is 1. The summed E-state index contributed by atoms with van der Waals surface area (Å²) in [5.74, 6) is 6.22. The standard InChI is InChI=1S/C20H17N5O/c21-19-17(20(22)24-13-23-19)10-9-15-7-4-8-16(11-15)25-18(26)12-14-5-2-1-3-6-14/h1-8,11,13H,12H2,(H,25,26)(H4,21,22,23,24). The lowest BCUT2D eigenvalue weighted by molar-refractivity contribution is -0.115. The molecule has 26 heavy (non-hydrogen) atoms. The molecule has 0 aliphatic rings. The number of benzene rings is 2. The summed E-state index contributed by atoms with van der Waals surface area (Å²) in [5, 5.41) is 2.87. The maximum absolute atomic E-state index is 12.2. The van der Waals surface area contributed by atoms with Crippen molar-refractivity contribution in [2.45, 2.75) is 6.42 Å². The Morgan fingerprint density at radius 2 is 1.69 bits per heavy atom. The van der Waals surface area contributed by atoms with Gasteiger partial charge in [0.25, 0.3) is 0 Å². The smallest absolute Gasteiger partial charge is 0.228 e. The molecule has 0 fully saturated rings. The summed E-state index contributed by atoms with van der Waals surface area (Å²) < 4.78 is 0. The average molecular weight is 343 g/mol. The van der Waals surface area contributed by atoms with Crippen molar-refractivity contribution in [3.8, 4) is 11.8 Å². The van der Waals surface area contributed by atoms with Crippen LogP contribution in [0.1, 0.15) is 16.7 Å². The summed E-state index contributed by atoms with van der Waals surface area (Å²) in [6.45, 7) is 0. The van der Waals surface area contributed by atoms with Gasteiger partial charge in [-0.1, -0.05) is 48.2 Å². The molecule has 0 bridgehead atoms. The Morgan fingerprint density at radius 1 is 0.962 bits per heavy atom. The monoisotopic (exact) mass is 343 g/mol. The van der Waals surface area contributed by atoms with Crippen LogP contribution in [0.25, 0.3) is 0 Å². The Labute approximate surface area is 151 Å². The maximum atomic E-state index is 12.2. The van der Waals surface area contributed by atoms with Crippen LogP contribution in [-0.4, -0.2) is 15.9 Å². The second-order valence-corrected chi connectivity index (χ2v) is 5.56. The number of rotatable bonds is 3. The largest absolute Gasteiger partial charge is 0.382 e. The molecule has 3 rings (SSSR count). The second-order valence-electron chi connectivity index (χ2n) is 5.56. The van der Waals surface area contributed by atoms with Crippen molar-refractivity contribution in [3.05, 3.63) is 77.6 Å². The first-order chi connectivity index (χ1) is 12.6. The fourth-order valence-electron chi connectivity index (χ4n) is 2.34. The molecule has 0 unspecified atom stereocenters. The summed E-state index contributed by atoms with van der Waals surface area (Å²) in [6.07, 6.45) is 1.60. The maximum Gasteiger partial charge on any atom is 0.228 e. The number of carbonyl (C=O) groups is 1. The van der Waals surface area contributed by atoms with Crippen molar-refractivity contribution in [2.75, 3.05) is 16.8 Å². The number of nitrogens with zero attached hydrogens (tertiary/aromatic N) is 2. The summed E-state index contributed by atoms with van der Waals surface area (Å²) in [7, 11) is 0. The van der Waals surface area contributed by atoms with E-state index in [1.807, 2.05) is 48.5 Å². The fourth-order valence-corrected chi connectivity index (χ4v) is 2.34. The molecule has 0 aliphatic carbocycles. The van der Waals surface area contributed by atoms with E-state index in [-0.39, 0.29) is 17.5 Å². The highest BCUT2D eigenvalue weighted by molar-refractivity contribution is 5.92. The van der Waals surface area contributed by atoms with Gasteiger partial charge in [-0.15, -0.1) is 0 Å². The molecule has 6 heteroatoms. The van der Waals surface area contributed by atoms with Gasteiger partial charge in [0.2, 0.25) is 5.91 Å². The van der Waals surface area contributed by atoms with Crippen LogP contribution < -0.4 is 16.8 Å². The van der Waals surface area contributed by atoms with Gasteiger partial charge >= 0.3 is 0 Å². The minimum absolute atomic E-state index is 0.0914. The number of anilines is 3. The SMILES string of the molecule is Nc1ncnc(N)c1C#Cc1cccc(NC(=O)Cc2ccccc2)c1. The number of hydrogen-bond donors (Lipinski definition) is 3. The molecule has 0 saturated carbocycles. The Balaban J connectivity index is 1.73. The molecule has 1 aromatic heterocycles. The summed E-state index contributed by atoms with van der Waals surface area (Å²) in [4.78, 5) is 19.9. The minimum atomic E-state index is -0.0914. The number of hydrogen-bond acceptors (Lipinski definition) is 5. The van der Waals surface area contributed by atoms with Crippen LogP contribution in [0.2, 0.25) is 0 Å². The summed E-state index contributed by atoms with van der Waals surface area (Å²) >= 11 is 0. The third-order valence-corrected chi connectivity index (χ3v) is 3.59. The van der Waals surface area contributed by atoms with E-state index in [9.17, 15) is 4.79 Å². The lowest BCUT2D eigenvalue weighted by Gasteiger charge is -2.06. The second kappa shape index (κ2) is 7.81. The molecule has 0 aliphatic heterocycles. The molecular formula is C20H17N5O. The van der Waals surface area contributed by atoms with Crippen molar-refractivity contribution in [3.63, 3.8) is 0 Å². The van der Waals surface area contributed by atoms with Gasteiger partial charge in [0.05, 0.1) is 6.42 Å². The molecule has 0 radical (unpaired) electrons. The predicted octanol–water partition coefficient (Wildman–Crippen LogP) is 2.22. The fraction of sp³-hybridized carbons (Fsp3) is 0.0500. The molecule has 0 atom stereocenters. The van der Waals surface area contributed by atoms with E-state index in [0.29, 0.717) is 23.2 Å². The van der Waals surface area contributed by atoms with Gasteiger partial charge in [-0.2, -0.15) is 0 Å². The number of aromatic nitrogens is 2. The van der Waals surface area contributed by atoms with Crippen LogP contribution in [0.4, 0.5) is 17.3 Å². The van der Waals surface area contributed by atoms with Crippen molar-refractivity contribution in [1.82, 2.24) is 9.97 Å². The molecule has 3 aromatic rings. The Morgan fingerprint density at radius 3 is 2.42 bits per heavy atom. The zero-order chi connectivity index (χ0) is 18.4. The lowest BCUT2D eigenvalue weighted by atomic mass is 10.1. The zero-order valence-corrected chi connectivity index (χ0v) is 13.9. The van der Waals surface area contributed by atoms with Gasteiger partial charge < -0.3 is 16.8 Å². The van der Waals surface area contributed by atoms with Crippen LogP contribution in [0.15, 0.2) is 60.9 Å². The Hall–Kier alpha value is -3.85. The first-order valence-corrected chi connectivity index (χ1v) is 7.93. The molecule has 0 spiro atoms. The Bertz CT molecular complexity index is 970. The average Bonchev–Trinajstić information content (AvgIpc) is 2.62. The van der Waals surface area contributed by atoms with Crippen molar-refractivity contribution < 1.29 is 4.79 Å². The molecular weight excluding hydrogens is 326 g/mol. The van der Waals surface area contributed by atoms with Crippen LogP contribution in [0, 0.1) is 11.8 Å². The van der Waals surface area contributed by atoms with Gasteiger partial charge in [0.15, 0.2) is 0 Å². The van der Waals surface area contributed by atoms with Crippen molar-refractivity contribution in [2.24, 2.45) is 0 Å². The van der Waals surface area contributed by atoms with E-state index >= 15 is 0 Å². The first kappa shape index (κ1) is 17.0. The normalized spacial score (nSPS) is 9.85. The van der Waals surface area contributed by atoms with Gasteiger partial charge in [0, 0.05) is 11.3 Å². The zero-order valence-electron chi connectivity index (χ0n) is 13.9. The minimum Gasteiger partial charge on any atom is -0.382 e. The van der Waals surface area contributed by atoms with E-state index in [1.165, 1.54) is 6.33 Å². The van der Waals surface area contributed by atoms with E-state index in [1.54, 1.807) is 6.07 Å².